The van der Waals surface area contributed by atoms with Gasteiger partial charge in [-0.2, -0.15) is 0 Å². The van der Waals surface area contributed by atoms with Crippen molar-refractivity contribution in [3.05, 3.63) is 0 Å². The molecule has 2 unspecified atom stereocenters. The third-order valence-corrected chi connectivity index (χ3v) is 2.10. The predicted octanol–water partition coefficient (Wildman–Crippen LogP) is 3.35. The highest BCUT2D eigenvalue weighted by molar-refractivity contribution is 4.48. The quantitative estimate of drug-likeness (QED) is 0.544. The lowest BCUT2D eigenvalue weighted by Crippen LogP contribution is -2.15. The molecular weight excluding hydrogens is 164 g/mol. The van der Waals surface area contributed by atoms with Crippen molar-refractivity contribution in [2.45, 2.75) is 65.6 Å². The molecule has 0 fully saturated rings. The molecule has 2 heteroatoms. The molecule has 0 amide bonds. The smallest absolute Gasteiger partial charge is 0.147 e. The molecule has 0 bridgehead atoms. The number of rotatable bonds is 8. The lowest BCUT2D eigenvalue weighted by atomic mass is 10.2. The van der Waals surface area contributed by atoms with Gasteiger partial charge in [-0.15, -0.1) is 0 Å². The second kappa shape index (κ2) is 8.52. The molecule has 0 aromatic rings. The van der Waals surface area contributed by atoms with Gasteiger partial charge in [-0.05, 0) is 26.7 Å². The first-order valence-corrected chi connectivity index (χ1v) is 5.43. The molecule has 0 N–H and O–H groups in total. The fourth-order valence-corrected chi connectivity index (χ4v) is 1.25. The highest BCUT2D eigenvalue weighted by Crippen LogP contribution is 2.04. The molecule has 0 spiro atoms. The summed E-state index contributed by atoms with van der Waals surface area (Å²) in [4.78, 5) is 0. The van der Waals surface area contributed by atoms with E-state index < -0.39 is 0 Å². The standard InChI is InChI=1S/C11H24O2/c1-5-7-10(3)12-9-13-11(4)8-6-2/h10-11H,5-9H2,1-4H3. The normalized spacial score (nSPS) is 15.7. The van der Waals surface area contributed by atoms with Gasteiger partial charge in [0.2, 0.25) is 0 Å². The Hall–Kier alpha value is -0.0800. The minimum Gasteiger partial charge on any atom is -0.352 e. The summed E-state index contributed by atoms with van der Waals surface area (Å²) in [5, 5.41) is 0. The van der Waals surface area contributed by atoms with E-state index >= 15 is 0 Å². The van der Waals surface area contributed by atoms with Gasteiger partial charge in [0.1, 0.15) is 6.79 Å². The van der Waals surface area contributed by atoms with E-state index in [2.05, 4.69) is 27.7 Å². The Morgan fingerprint density at radius 2 is 1.23 bits per heavy atom. The zero-order valence-electron chi connectivity index (χ0n) is 9.51. The van der Waals surface area contributed by atoms with Crippen LogP contribution in [0.2, 0.25) is 0 Å². The van der Waals surface area contributed by atoms with Crippen molar-refractivity contribution in [2.75, 3.05) is 6.79 Å². The Bertz CT molecular complexity index is 92.3. The van der Waals surface area contributed by atoms with Gasteiger partial charge in [0.25, 0.3) is 0 Å². The van der Waals surface area contributed by atoms with Crippen molar-refractivity contribution in [2.24, 2.45) is 0 Å². The molecule has 0 aliphatic carbocycles. The monoisotopic (exact) mass is 188 g/mol. The first kappa shape index (κ1) is 12.9. The van der Waals surface area contributed by atoms with E-state index in [-0.39, 0.29) is 0 Å². The molecule has 0 saturated heterocycles. The number of hydrogen-bond acceptors (Lipinski definition) is 2. The second-order valence-corrected chi connectivity index (χ2v) is 3.65. The van der Waals surface area contributed by atoms with E-state index in [9.17, 15) is 0 Å². The molecule has 0 aliphatic heterocycles. The van der Waals surface area contributed by atoms with E-state index in [0.29, 0.717) is 19.0 Å². The molecule has 0 aliphatic rings. The Labute approximate surface area is 82.6 Å². The molecule has 0 saturated carbocycles. The first-order chi connectivity index (χ1) is 6.20. The lowest BCUT2D eigenvalue weighted by Gasteiger charge is -2.15. The Balaban J connectivity index is 3.23. The van der Waals surface area contributed by atoms with Crippen molar-refractivity contribution in [3.8, 4) is 0 Å². The van der Waals surface area contributed by atoms with Gasteiger partial charge >= 0.3 is 0 Å². The maximum atomic E-state index is 5.48. The summed E-state index contributed by atoms with van der Waals surface area (Å²) in [6, 6.07) is 0. The maximum absolute atomic E-state index is 5.48. The predicted molar refractivity (Wildman–Crippen MR) is 55.8 cm³/mol. The molecule has 0 aromatic heterocycles. The topological polar surface area (TPSA) is 18.5 Å². The molecular formula is C11H24O2. The Kier molecular flexibility index (Phi) is 8.46. The van der Waals surface area contributed by atoms with Gasteiger partial charge in [0.05, 0.1) is 12.2 Å². The lowest BCUT2D eigenvalue weighted by molar-refractivity contribution is -0.112. The van der Waals surface area contributed by atoms with E-state index in [1.807, 2.05) is 0 Å². The van der Waals surface area contributed by atoms with Crippen LogP contribution in [0, 0.1) is 0 Å². The van der Waals surface area contributed by atoms with Crippen LogP contribution in [0.5, 0.6) is 0 Å². The van der Waals surface area contributed by atoms with Crippen molar-refractivity contribution in [3.63, 3.8) is 0 Å². The molecule has 0 radical (unpaired) electrons. The average molecular weight is 188 g/mol. The van der Waals surface area contributed by atoms with Crippen LogP contribution in [0.1, 0.15) is 53.4 Å². The zero-order valence-corrected chi connectivity index (χ0v) is 9.51. The van der Waals surface area contributed by atoms with Gasteiger partial charge in [-0.3, -0.25) is 0 Å². The summed E-state index contributed by atoms with van der Waals surface area (Å²) in [5.74, 6) is 0. The summed E-state index contributed by atoms with van der Waals surface area (Å²) in [6.07, 6.45) is 5.24. The van der Waals surface area contributed by atoms with Gasteiger partial charge < -0.3 is 9.47 Å². The average Bonchev–Trinajstić information content (AvgIpc) is 2.05. The minimum atomic E-state index is 0.332. The summed E-state index contributed by atoms with van der Waals surface area (Å²) in [7, 11) is 0. The third kappa shape index (κ3) is 8.26. The van der Waals surface area contributed by atoms with Crippen LogP contribution >= 0.6 is 0 Å². The molecule has 0 heterocycles. The van der Waals surface area contributed by atoms with Crippen LogP contribution in [0.15, 0.2) is 0 Å². The van der Waals surface area contributed by atoms with Gasteiger partial charge in [-0.1, -0.05) is 26.7 Å². The van der Waals surface area contributed by atoms with Crippen molar-refractivity contribution in [1.29, 1.82) is 0 Å². The largest absolute Gasteiger partial charge is 0.352 e. The van der Waals surface area contributed by atoms with Crippen molar-refractivity contribution >= 4 is 0 Å². The van der Waals surface area contributed by atoms with E-state index in [0.717, 1.165) is 12.8 Å². The summed E-state index contributed by atoms with van der Waals surface area (Å²) in [6.45, 7) is 8.97. The van der Waals surface area contributed by atoms with Crippen LogP contribution in [0.3, 0.4) is 0 Å². The molecule has 2 atom stereocenters. The molecule has 0 aromatic carbocycles. The van der Waals surface area contributed by atoms with Crippen LogP contribution in [-0.4, -0.2) is 19.0 Å². The first-order valence-electron chi connectivity index (χ1n) is 5.43. The highest BCUT2D eigenvalue weighted by Gasteiger charge is 2.03. The van der Waals surface area contributed by atoms with E-state index in [1.165, 1.54) is 12.8 Å². The Morgan fingerprint density at radius 1 is 0.846 bits per heavy atom. The van der Waals surface area contributed by atoms with Crippen LogP contribution in [-0.2, 0) is 9.47 Å². The number of ether oxygens (including phenoxy) is 2. The fraction of sp³-hybridized carbons (Fsp3) is 1.00. The van der Waals surface area contributed by atoms with Crippen molar-refractivity contribution in [1.82, 2.24) is 0 Å². The van der Waals surface area contributed by atoms with Crippen molar-refractivity contribution < 1.29 is 9.47 Å². The van der Waals surface area contributed by atoms with Gasteiger partial charge in [0.15, 0.2) is 0 Å². The summed E-state index contributed by atoms with van der Waals surface area (Å²) in [5.41, 5.74) is 0. The highest BCUT2D eigenvalue weighted by atomic mass is 16.7. The maximum Gasteiger partial charge on any atom is 0.147 e. The molecule has 80 valence electrons. The SMILES string of the molecule is CCCC(C)OCOC(C)CCC. The van der Waals surface area contributed by atoms with Gasteiger partial charge in [-0.25, -0.2) is 0 Å². The molecule has 2 nitrogen and oxygen atoms in total. The fourth-order valence-electron chi connectivity index (χ4n) is 1.25. The molecule has 13 heavy (non-hydrogen) atoms. The number of hydrogen-bond donors (Lipinski definition) is 0. The van der Waals surface area contributed by atoms with Gasteiger partial charge in [0, 0.05) is 0 Å². The summed E-state index contributed by atoms with van der Waals surface area (Å²) >= 11 is 0. The zero-order chi connectivity index (χ0) is 10.1. The summed E-state index contributed by atoms with van der Waals surface area (Å²) < 4.78 is 11.0. The van der Waals surface area contributed by atoms with Crippen LogP contribution in [0.4, 0.5) is 0 Å². The minimum absolute atomic E-state index is 0.332. The van der Waals surface area contributed by atoms with E-state index in [1.54, 1.807) is 0 Å². The third-order valence-electron chi connectivity index (χ3n) is 2.10. The molecule has 0 rings (SSSR count). The van der Waals surface area contributed by atoms with Crippen LogP contribution < -0.4 is 0 Å². The van der Waals surface area contributed by atoms with E-state index in [4.69, 9.17) is 9.47 Å². The Morgan fingerprint density at radius 3 is 1.54 bits per heavy atom. The van der Waals surface area contributed by atoms with Crippen LogP contribution in [0.25, 0.3) is 0 Å². The second-order valence-electron chi connectivity index (χ2n) is 3.65.